The summed E-state index contributed by atoms with van der Waals surface area (Å²) >= 11 is 0. The summed E-state index contributed by atoms with van der Waals surface area (Å²) in [4.78, 5) is 41.2. The van der Waals surface area contributed by atoms with Gasteiger partial charge in [-0.05, 0) is 36.8 Å². The summed E-state index contributed by atoms with van der Waals surface area (Å²) in [5.41, 5.74) is 4.13. The average Bonchev–Trinajstić information content (AvgIpc) is 3.49. The number of carboxylic acids is 1. The normalized spacial score (nSPS) is 12.8. The summed E-state index contributed by atoms with van der Waals surface area (Å²) in [7, 11) is 1.62. The number of methoxy groups -OCH3 is 1. The molecule has 3 N–H and O–H groups in total. The van der Waals surface area contributed by atoms with Crippen LogP contribution in [0.15, 0.2) is 73.1 Å². The number of anilines is 3. The van der Waals surface area contributed by atoms with Gasteiger partial charge in [-0.15, -0.1) is 0 Å². The number of ether oxygens (including phenoxy) is 2. The van der Waals surface area contributed by atoms with Crippen molar-refractivity contribution in [3.8, 4) is 11.6 Å². The van der Waals surface area contributed by atoms with E-state index in [1.165, 1.54) is 4.68 Å². The number of rotatable bonds is 8. The van der Waals surface area contributed by atoms with Crippen molar-refractivity contribution in [2.75, 3.05) is 48.9 Å². The summed E-state index contributed by atoms with van der Waals surface area (Å²) in [6, 6.07) is 18.5. The Kier molecular flexibility index (Phi) is 10.9. The fourth-order valence-electron chi connectivity index (χ4n) is 4.42. The highest BCUT2D eigenvalue weighted by Crippen LogP contribution is 2.32. The molecule has 5 rings (SSSR count). The van der Waals surface area contributed by atoms with Crippen molar-refractivity contribution in [2.24, 2.45) is 0 Å². The molecule has 0 spiro atoms. The monoisotopic (exact) mass is 640 g/mol. The number of nitrogens with one attached hydrogen (secondary N) is 2. The van der Waals surface area contributed by atoms with Crippen molar-refractivity contribution in [3.63, 3.8) is 0 Å². The molecule has 2 amide bonds. The SMILES string of the molecule is COc1cc(NC(=O)c2cc(C)nc(-n3cc(NC(=O)Cc4ccccc4)cn3)c2)ccc1N1CCOCC1.O=C(O)C(F)(F)F. The molecule has 4 aromatic rings. The minimum absolute atomic E-state index is 0.145. The third kappa shape index (κ3) is 9.28. The van der Waals surface area contributed by atoms with Crippen LogP contribution in [0.3, 0.4) is 0 Å². The minimum atomic E-state index is -5.08. The zero-order chi connectivity index (χ0) is 33.3. The van der Waals surface area contributed by atoms with Crippen LogP contribution in [0.2, 0.25) is 0 Å². The predicted octanol–water partition coefficient (Wildman–Crippen LogP) is 4.49. The summed E-state index contributed by atoms with van der Waals surface area (Å²) < 4.78 is 44.3. The second kappa shape index (κ2) is 15.0. The maximum absolute atomic E-state index is 13.2. The van der Waals surface area contributed by atoms with Crippen LogP contribution in [0.1, 0.15) is 21.6 Å². The second-order valence-corrected chi connectivity index (χ2v) is 9.98. The van der Waals surface area contributed by atoms with Crippen molar-refractivity contribution in [1.29, 1.82) is 0 Å². The van der Waals surface area contributed by atoms with Gasteiger partial charge in [0.2, 0.25) is 5.91 Å². The fourth-order valence-corrected chi connectivity index (χ4v) is 4.42. The van der Waals surface area contributed by atoms with Crippen LogP contribution in [0, 0.1) is 6.92 Å². The van der Waals surface area contributed by atoms with Gasteiger partial charge < -0.3 is 30.1 Å². The van der Waals surface area contributed by atoms with E-state index in [1.807, 2.05) is 55.5 Å². The molecule has 0 bridgehead atoms. The molecule has 0 aliphatic carbocycles. The lowest BCUT2D eigenvalue weighted by atomic mass is 10.1. The van der Waals surface area contributed by atoms with Crippen molar-refractivity contribution in [2.45, 2.75) is 19.5 Å². The van der Waals surface area contributed by atoms with Crippen molar-refractivity contribution in [1.82, 2.24) is 14.8 Å². The van der Waals surface area contributed by atoms with E-state index in [0.717, 1.165) is 24.3 Å². The number of hydrogen-bond donors (Lipinski definition) is 3. The Bertz CT molecular complexity index is 1670. The quantitative estimate of drug-likeness (QED) is 0.253. The van der Waals surface area contributed by atoms with Gasteiger partial charge in [-0.3, -0.25) is 9.59 Å². The van der Waals surface area contributed by atoms with Crippen LogP contribution in [-0.4, -0.2) is 77.2 Å². The number of alkyl halides is 3. The van der Waals surface area contributed by atoms with E-state index in [4.69, 9.17) is 19.4 Å². The van der Waals surface area contributed by atoms with E-state index in [0.29, 0.717) is 47.4 Å². The molecule has 1 fully saturated rings. The highest BCUT2D eigenvalue weighted by molar-refractivity contribution is 6.04. The second-order valence-electron chi connectivity index (χ2n) is 9.98. The molecular weight excluding hydrogens is 609 g/mol. The Morgan fingerprint density at radius 3 is 2.35 bits per heavy atom. The Balaban J connectivity index is 0.000000617. The highest BCUT2D eigenvalue weighted by atomic mass is 19.4. The first-order valence-corrected chi connectivity index (χ1v) is 13.9. The van der Waals surface area contributed by atoms with Crippen LogP contribution in [0.25, 0.3) is 5.82 Å². The number of aliphatic carboxylic acids is 1. The van der Waals surface area contributed by atoms with Crippen LogP contribution in [0.4, 0.5) is 30.2 Å². The van der Waals surface area contributed by atoms with Gasteiger partial charge >= 0.3 is 12.1 Å². The molecule has 3 heterocycles. The number of amides is 2. The first-order valence-electron chi connectivity index (χ1n) is 13.9. The number of morpholine rings is 1. The standard InChI is InChI=1S/C29H30N6O4.C2HF3O2/c1-20-14-22(29(37)33-23-8-9-25(26(17-23)38-2)34-10-12-39-13-11-34)16-27(31-20)35-19-24(18-30-35)32-28(36)15-21-6-4-3-5-7-21;3-2(4,5)1(6)7/h3-9,14,16-19H,10-13,15H2,1-2H3,(H,32,36)(H,33,37);(H,6,7). The third-order valence-corrected chi connectivity index (χ3v) is 6.54. The van der Waals surface area contributed by atoms with Gasteiger partial charge in [0.05, 0.1) is 50.5 Å². The number of halogens is 3. The zero-order valence-corrected chi connectivity index (χ0v) is 24.9. The Hall–Kier alpha value is -5.44. The number of pyridine rings is 1. The predicted molar refractivity (Wildman–Crippen MR) is 163 cm³/mol. The molecule has 1 aliphatic rings. The number of carboxylic acid groups (broad SMARTS) is 1. The summed E-state index contributed by atoms with van der Waals surface area (Å²) in [5.74, 6) is -2.05. The van der Waals surface area contributed by atoms with E-state index in [9.17, 15) is 22.8 Å². The van der Waals surface area contributed by atoms with E-state index < -0.39 is 12.1 Å². The van der Waals surface area contributed by atoms with Crippen LogP contribution in [0.5, 0.6) is 5.75 Å². The first-order chi connectivity index (χ1) is 21.9. The minimum Gasteiger partial charge on any atom is -0.495 e. The molecule has 1 saturated heterocycles. The van der Waals surface area contributed by atoms with E-state index in [2.05, 4.69) is 25.6 Å². The van der Waals surface area contributed by atoms with Crippen LogP contribution in [-0.2, 0) is 20.7 Å². The summed E-state index contributed by atoms with van der Waals surface area (Å²) in [5, 5.41) is 17.3. The Morgan fingerprint density at radius 2 is 1.70 bits per heavy atom. The Morgan fingerprint density at radius 1 is 1.00 bits per heavy atom. The summed E-state index contributed by atoms with van der Waals surface area (Å²) in [6.45, 7) is 4.72. The molecule has 2 aromatic heterocycles. The topological polar surface area (TPSA) is 148 Å². The molecule has 242 valence electrons. The van der Waals surface area contributed by atoms with E-state index in [1.54, 1.807) is 31.6 Å². The number of carbonyl (C=O) groups excluding carboxylic acids is 2. The fraction of sp³-hybridized carbons (Fsp3) is 0.258. The first kappa shape index (κ1) is 33.5. The maximum Gasteiger partial charge on any atom is 0.490 e. The molecule has 0 atom stereocenters. The Labute approximate surface area is 261 Å². The molecular formula is C31H31F3N6O6. The smallest absolute Gasteiger partial charge is 0.490 e. The van der Waals surface area contributed by atoms with Gasteiger partial charge in [0.25, 0.3) is 5.91 Å². The lowest BCUT2D eigenvalue weighted by Crippen LogP contribution is -2.36. The number of hydrogen-bond acceptors (Lipinski definition) is 8. The van der Waals surface area contributed by atoms with Gasteiger partial charge in [0.1, 0.15) is 5.75 Å². The zero-order valence-electron chi connectivity index (χ0n) is 24.9. The van der Waals surface area contributed by atoms with Gasteiger partial charge in [0, 0.05) is 36.1 Å². The molecule has 46 heavy (non-hydrogen) atoms. The highest BCUT2D eigenvalue weighted by Gasteiger charge is 2.38. The van der Waals surface area contributed by atoms with Crippen molar-refractivity contribution >= 4 is 34.8 Å². The van der Waals surface area contributed by atoms with Gasteiger partial charge in [-0.1, -0.05) is 30.3 Å². The molecule has 0 unspecified atom stereocenters. The van der Waals surface area contributed by atoms with Gasteiger partial charge in [-0.2, -0.15) is 18.3 Å². The number of aromatic nitrogens is 3. The molecule has 0 radical (unpaired) electrons. The van der Waals surface area contributed by atoms with Crippen molar-refractivity contribution < 1.29 is 42.1 Å². The van der Waals surface area contributed by atoms with Gasteiger partial charge in [0.15, 0.2) is 5.82 Å². The maximum atomic E-state index is 13.2. The largest absolute Gasteiger partial charge is 0.495 e. The van der Waals surface area contributed by atoms with Crippen molar-refractivity contribution in [3.05, 3.63) is 89.9 Å². The molecule has 15 heteroatoms. The van der Waals surface area contributed by atoms with E-state index >= 15 is 0 Å². The lowest BCUT2D eigenvalue weighted by molar-refractivity contribution is -0.192. The van der Waals surface area contributed by atoms with Gasteiger partial charge in [-0.25, -0.2) is 14.5 Å². The number of aryl methyl sites for hydroxylation is 1. The number of nitrogens with zero attached hydrogens (tertiary/aromatic N) is 4. The summed E-state index contributed by atoms with van der Waals surface area (Å²) in [6.07, 6.45) is -1.60. The number of benzene rings is 2. The van der Waals surface area contributed by atoms with Crippen LogP contribution >= 0.6 is 0 Å². The molecule has 2 aromatic carbocycles. The van der Waals surface area contributed by atoms with Crippen LogP contribution < -0.4 is 20.3 Å². The molecule has 12 nitrogen and oxygen atoms in total. The molecule has 1 aliphatic heterocycles. The lowest BCUT2D eigenvalue weighted by Gasteiger charge is -2.30. The third-order valence-electron chi connectivity index (χ3n) is 6.54. The van der Waals surface area contributed by atoms with E-state index in [-0.39, 0.29) is 18.2 Å². The number of carbonyl (C=O) groups is 3. The molecule has 0 saturated carbocycles. The average molecular weight is 641 g/mol.